The van der Waals surface area contributed by atoms with Crippen molar-refractivity contribution in [3.63, 3.8) is 0 Å². The van der Waals surface area contributed by atoms with Gasteiger partial charge in [0.15, 0.2) is 0 Å². The van der Waals surface area contributed by atoms with Crippen LogP contribution in [-0.4, -0.2) is 65.3 Å². The van der Waals surface area contributed by atoms with E-state index < -0.39 is 20.0 Å². The Morgan fingerprint density at radius 2 is 1.12 bits per heavy atom. The minimum absolute atomic E-state index is 0.276. The fraction of sp³-hybridized carbons (Fsp3) is 0.500. The van der Waals surface area contributed by atoms with E-state index in [-0.39, 0.29) is 6.54 Å². The van der Waals surface area contributed by atoms with Gasteiger partial charge in [-0.3, -0.25) is 4.90 Å². The van der Waals surface area contributed by atoms with Crippen molar-refractivity contribution in [1.82, 2.24) is 13.9 Å². The molecule has 0 unspecified atom stereocenters. The maximum Gasteiger partial charge on any atom is 0.243 e. The van der Waals surface area contributed by atoms with E-state index in [1.807, 2.05) is 65.8 Å². The molecule has 0 saturated carbocycles. The highest BCUT2D eigenvalue weighted by atomic mass is 32.2. The fourth-order valence-electron chi connectivity index (χ4n) is 4.90. The summed E-state index contributed by atoms with van der Waals surface area (Å²) < 4.78 is 56.4. The fourth-order valence-corrected chi connectivity index (χ4v) is 8.20. The Hall–Kier alpha value is -1.78. The number of rotatable bonds is 7. The van der Waals surface area contributed by atoms with E-state index >= 15 is 0 Å². The quantitative estimate of drug-likeness (QED) is 0.641. The Balaban J connectivity index is 1.59. The van der Waals surface area contributed by atoms with Gasteiger partial charge >= 0.3 is 0 Å². The van der Waals surface area contributed by atoms with Gasteiger partial charge in [0.2, 0.25) is 20.0 Å². The summed E-state index contributed by atoms with van der Waals surface area (Å²) in [5.74, 6) is 0. The molecule has 2 aromatic carbocycles. The molecule has 2 aromatic rings. The number of sulfonamides is 2. The van der Waals surface area contributed by atoms with Crippen LogP contribution in [0.15, 0.2) is 34.1 Å². The SMILES string of the molecule is Cc1cc(C)c(S(=O)(=O)NCCN2CCN(S(=O)(=O)c3c(C)cc(C)cc3C)CC2)c(C)c1. The molecule has 0 amide bonds. The van der Waals surface area contributed by atoms with Gasteiger partial charge in [-0.1, -0.05) is 35.4 Å². The van der Waals surface area contributed by atoms with Crippen LogP contribution in [0.25, 0.3) is 0 Å². The molecule has 0 bridgehead atoms. The van der Waals surface area contributed by atoms with E-state index in [1.54, 1.807) is 0 Å². The van der Waals surface area contributed by atoms with E-state index in [0.717, 1.165) is 33.4 Å². The van der Waals surface area contributed by atoms with Crippen LogP contribution in [0.3, 0.4) is 0 Å². The van der Waals surface area contributed by atoms with Crippen LogP contribution >= 0.6 is 0 Å². The van der Waals surface area contributed by atoms with Crippen molar-refractivity contribution in [3.8, 4) is 0 Å². The lowest BCUT2D eigenvalue weighted by atomic mass is 10.1. The molecule has 7 nitrogen and oxygen atoms in total. The predicted octanol–water partition coefficient (Wildman–Crippen LogP) is 2.82. The van der Waals surface area contributed by atoms with Crippen molar-refractivity contribution in [1.29, 1.82) is 0 Å². The Kier molecular flexibility index (Phi) is 7.70. The maximum atomic E-state index is 13.3. The maximum absolute atomic E-state index is 13.3. The molecule has 0 aromatic heterocycles. The van der Waals surface area contributed by atoms with Crippen molar-refractivity contribution in [2.75, 3.05) is 39.3 Å². The van der Waals surface area contributed by atoms with Crippen LogP contribution in [0.4, 0.5) is 0 Å². The predicted molar refractivity (Wildman–Crippen MR) is 132 cm³/mol. The first kappa shape index (κ1) is 25.8. The van der Waals surface area contributed by atoms with Gasteiger partial charge in [-0.2, -0.15) is 4.31 Å². The molecule has 1 heterocycles. The number of benzene rings is 2. The monoisotopic (exact) mass is 493 g/mol. The number of piperazine rings is 1. The summed E-state index contributed by atoms with van der Waals surface area (Å²) in [6.45, 7) is 13.9. The summed E-state index contributed by atoms with van der Waals surface area (Å²) in [7, 11) is -7.17. The second-order valence-electron chi connectivity index (χ2n) is 9.10. The van der Waals surface area contributed by atoms with Crippen LogP contribution in [-0.2, 0) is 20.0 Å². The summed E-state index contributed by atoms with van der Waals surface area (Å²) in [5.41, 5.74) is 5.10. The lowest BCUT2D eigenvalue weighted by Gasteiger charge is -2.34. The topological polar surface area (TPSA) is 86.8 Å². The minimum Gasteiger partial charge on any atom is -0.299 e. The zero-order valence-electron chi connectivity index (χ0n) is 20.4. The Labute approximate surface area is 198 Å². The van der Waals surface area contributed by atoms with Crippen molar-refractivity contribution in [2.24, 2.45) is 0 Å². The second-order valence-corrected chi connectivity index (χ2v) is 12.7. The van der Waals surface area contributed by atoms with Gasteiger partial charge in [-0.25, -0.2) is 21.6 Å². The van der Waals surface area contributed by atoms with Crippen molar-refractivity contribution >= 4 is 20.0 Å². The first-order chi connectivity index (χ1) is 15.3. The van der Waals surface area contributed by atoms with Gasteiger partial charge in [-0.05, 0) is 63.8 Å². The zero-order chi connectivity index (χ0) is 24.6. The first-order valence-electron chi connectivity index (χ1n) is 11.2. The van der Waals surface area contributed by atoms with E-state index in [1.165, 1.54) is 4.31 Å². The van der Waals surface area contributed by atoms with Crippen LogP contribution < -0.4 is 4.72 Å². The van der Waals surface area contributed by atoms with Crippen molar-refractivity contribution < 1.29 is 16.8 Å². The normalized spacial score (nSPS) is 16.3. The van der Waals surface area contributed by atoms with Gasteiger partial charge in [0.25, 0.3) is 0 Å². The average Bonchev–Trinajstić information content (AvgIpc) is 2.66. The van der Waals surface area contributed by atoms with E-state index in [4.69, 9.17) is 0 Å². The summed E-state index contributed by atoms with van der Waals surface area (Å²) >= 11 is 0. The standard InChI is InChI=1S/C24H35N3O4S2/c1-17-13-19(3)23(20(4)14-17)32(28,29)25-7-8-26-9-11-27(12-10-26)33(30,31)24-21(5)15-18(2)16-22(24)6/h13-16,25H,7-12H2,1-6H3. The highest BCUT2D eigenvalue weighted by Crippen LogP contribution is 2.26. The largest absolute Gasteiger partial charge is 0.299 e. The minimum atomic E-state index is -3.61. The molecular formula is C24H35N3O4S2. The van der Waals surface area contributed by atoms with Gasteiger partial charge in [0, 0.05) is 39.3 Å². The number of hydrogen-bond donors (Lipinski definition) is 1. The first-order valence-corrected chi connectivity index (χ1v) is 14.1. The zero-order valence-corrected chi connectivity index (χ0v) is 22.0. The van der Waals surface area contributed by atoms with Crippen molar-refractivity contribution in [3.05, 3.63) is 57.6 Å². The third-order valence-electron chi connectivity index (χ3n) is 6.13. The molecule has 0 atom stereocenters. The van der Waals surface area contributed by atoms with Crippen molar-refractivity contribution in [2.45, 2.75) is 51.3 Å². The van der Waals surface area contributed by atoms with E-state index in [9.17, 15) is 16.8 Å². The molecule has 3 rings (SSSR count). The summed E-state index contributed by atoms with van der Waals surface area (Å²) in [6.07, 6.45) is 0. The van der Waals surface area contributed by atoms with Crippen LogP contribution in [0.2, 0.25) is 0 Å². The Bertz CT molecular complexity index is 1200. The molecule has 1 saturated heterocycles. The molecule has 1 N–H and O–H groups in total. The molecule has 33 heavy (non-hydrogen) atoms. The molecule has 1 aliphatic rings. The van der Waals surface area contributed by atoms with Gasteiger partial charge in [0.1, 0.15) is 0 Å². The third-order valence-corrected chi connectivity index (χ3v) is 10.1. The highest BCUT2D eigenvalue weighted by molar-refractivity contribution is 7.89. The average molecular weight is 494 g/mol. The van der Waals surface area contributed by atoms with Gasteiger partial charge in [-0.15, -0.1) is 0 Å². The lowest BCUT2D eigenvalue weighted by molar-refractivity contribution is 0.191. The van der Waals surface area contributed by atoms with Crippen LogP contribution in [0, 0.1) is 41.5 Å². The smallest absolute Gasteiger partial charge is 0.243 e. The second kappa shape index (κ2) is 9.84. The number of hydrogen-bond acceptors (Lipinski definition) is 5. The highest BCUT2D eigenvalue weighted by Gasteiger charge is 2.31. The lowest BCUT2D eigenvalue weighted by Crippen LogP contribution is -2.50. The Morgan fingerprint density at radius 3 is 1.58 bits per heavy atom. The molecule has 9 heteroatoms. The van der Waals surface area contributed by atoms with Crippen LogP contribution in [0.1, 0.15) is 33.4 Å². The molecule has 0 radical (unpaired) electrons. The van der Waals surface area contributed by atoms with E-state index in [2.05, 4.69) is 9.62 Å². The molecule has 182 valence electrons. The van der Waals surface area contributed by atoms with Gasteiger partial charge < -0.3 is 0 Å². The van der Waals surface area contributed by atoms with E-state index in [0.29, 0.717) is 42.5 Å². The third kappa shape index (κ3) is 5.66. The van der Waals surface area contributed by atoms with Crippen LogP contribution in [0.5, 0.6) is 0 Å². The summed E-state index contributed by atoms with van der Waals surface area (Å²) in [5, 5.41) is 0. The summed E-state index contributed by atoms with van der Waals surface area (Å²) in [4.78, 5) is 2.84. The number of nitrogens with one attached hydrogen (secondary N) is 1. The molecule has 1 aliphatic heterocycles. The number of aryl methyl sites for hydroxylation is 6. The molecular weight excluding hydrogens is 458 g/mol. The summed E-state index contributed by atoms with van der Waals surface area (Å²) in [6, 6.07) is 7.55. The Morgan fingerprint density at radius 1 is 0.697 bits per heavy atom. The molecule has 0 spiro atoms. The van der Waals surface area contributed by atoms with Gasteiger partial charge in [0.05, 0.1) is 9.79 Å². The molecule has 1 fully saturated rings. The molecule has 0 aliphatic carbocycles. The number of nitrogens with zero attached hydrogens (tertiary/aromatic N) is 2.